The first-order chi connectivity index (χ1) is 11.0. The topological polar surface area (TPSA) is 73.6 Å². The number of benzene rings is 1. The Labute approximate surface area is 154 Å². The molecule has 1 fully saturated rings. The van der Waals surface area contributed by atoms with Crippen LogP contribution in [0.2, 0.25) is 5.02 Å². The highest BCUT2D eigenvalue weighted by molar-refractivity contribution is 6.32. The molecule has 2 rings (SSSR count). The van der Waals surface area contributed by atoms with Crippen LogP contribution < -0.4 is 20.5 Å². The Hall–Kier alpha value is -1.17. The second kappa shape index (κ2) is 9.97. The van der Waals surface area contributed by atoms with Crippen LogP contribution in [0.25, 0.3) is 0 Å². The minimum atomic E-state index is 0. The van der Waals surface area contributed by atoms with Crippen LogP contribution in [-0.2, 0) is 11.3 Å². The summed E-state index contributed by atoms with van der Waals surface area (Å²) < 4.78 is 10.8. The van der Waals surface area contributed by atoms with E-state index in [0.29, 0.717) is 29.7 Å². The molecule has 2 atom stereocenters. The number of hydrogen-bond donors (Lipinski definition) is 2. The highest BCUT2D eigenvalue weighted by Crippen LogP contribution is 2.36. The molecule has 136 valence electrons. The van der Waals surface area contributed by atoms with Crippen LogP contribution in [0.1, 0.15) is 38.2 Å². The van der Waals surface area contributed by atoms with Crippen molar-refractivity contribution in [3.8, 4) is 11.5 Å². The highest BCUT2D eigenvalue weighted by atomic mass is 35.5. The largest absolute Gasteiger partial charge is 0.493 e. The average molecular weight is 377 g/mol. The molecule has 0 heterocycles. The molecule has 0 aromatic heterocycles. The lowest BCUT2D eigenvalue weighted by molar-refractivity contribution is -0.126. The lowest BCUT2D eigenvalue weighted by Gasteiger charge is -2.25. The van der Waals surface area contributed by atoms with E-state index in [4.69, 9.17) is 26.8 Å². The number of ether oxygens (including phenoxy) is 2. The zero-order valence-corrected chi connectivity index (χ0v) is 15.7. The maximum absolute atomic E-state index is 12.3. The van der Waals surface area contributed by atoms with E-state index in [9.17, 15) is 4.79 Å². The summed E-state index contributed by atoms with van der Waals surface area (Å²) in [4.78, 5) is 12.3. The van der Waals surface area contributed by atoms with Gasteiger partial charge in [-0.05, 0) is 43.9 Å². The van der Waals surface area contributed by atoms with Gasteiger partial charge in [-0.3, -0.25) is 4.79 Å². The molecule has 0 bridgehead atoms. The van der Waals surface area contributed by atoms with Crippen molar-refractivity contribution in [1.29, 1.82) is 0 Å². The molecular formula is C17H26Cl2N2O3. The van der Waals surface area contributed by atoms with Gasteiger partial charge < -0.3 is 20.5 Å². The van der Waals surface area contributed by atoms with Crippen molar-refractivity contribution in [3.63, 3.8) is 0 Å². The van der Waals surface area contributed by atoms with Crippen LogP contribution in [-0.4, -0.2) is 25.7 Å². The predicted octanol–water partition coefficient (Wildman–Crippen LogP) is 3.30. The molecule has 5 nitrogen and oxygen atoms in total. The number of rotatable bonds is 6. The summed E-state index contributed by atoms with van der Waals surface area (Å²) in [5.41, 5.74) is 6.82. The molecule has 1 saturated carbocycles. The highest BCUT2D eigenvalue weighted by Gasteiger charge is 2.25. The van der Waals surface area contributed by atoms with Crippen molar-refractivity contribution < 1.29 is 14.3 Å². The van der Waals surface area contributed by atoms with Gasteiger partial charge in [0.05, 0.1) is 18.7 Å². The first kappa shape index (κ1) is 20.9. The van der Waals surface area contributed by atoms with Gasteiger partial charge >= 0.3 is 0 Å². The maximum atomic E-state index is 12.3. The van der Waals surface area contributed by atoms with Crippen LogP contribution in [0.4, 0.5) is 0 Å². The van der Waals surface area contributed by atoms with E-state index in [1.54, 1.807) is 13.2 Å². The second-order valence-corrected chi connectivity index (χ2v) is 6.29. The van der Waals surface area contributed by atoms with E-state index < -0.39 is 0 Å². The number of nitrogens with two attached hydrogens (primary N) is 1. The third-order valence-electron chi connectivity index (χ3n) is 4.13. The van der Waals surface area contributed by atoms with Crippen LogP contribution in [0.15, 0.2) is 12.1 Å². The van der Waals surface area contributed by atoms with Gasteiger partial charge in [0, 0.05) is 18.5 Å². The number of nitrogens with one attached hydrogen (secondary N) is 1. The van der Waals surface area contributed by atoms with E-state index in [0.717, 1.165) is 31.2 Å². The Morgan fingerprint density at radius 1 is 1.42 bits per heavy atom. The minimum Gasteiger partial charge on any atom is -0.493 e. The monoisotopic (exact) mass is 376 g/mol. The quantitative estimate of drug-likeness (QED) is 0.798. The lowest BCUT2D eigenvalue weighted by Crippen LogP contribution is -2.37. The Kier molecular flexibility index (Phi) is 8.67. The predicted molar refractivity (Wildman–Crippen MR) is 98.2 cm³/mol. The van der Waals surface area contributed by atoms with Crippen molar-refractivity contribution in [2.45, 2.75) is 45.2 Å². The molecule has 1 aliphatic carbocycles. The zero-order chi connectivity index (χ0) is 16.8. The van der Waals surface area contributed by atoms with Crippen LogP contribution in [0.3, 0.4) is 0 Å². The van der Waals surface area contributed by atoms with Gasteiger partial charge in [-0.15, -0.1) is 12.4 Å². The van der Waals surface area contributed by atoms with Crippen molar-refractivity contribution >= 4 is 29.9 Å². The smallest absolute Gasteiger partial charge is 0.223 e. The maximum Gasteiger partial charge on any atom is 0.223 e. The number of hydrogen-bond acceptors (Lipinski definition) is 4. The number of carbonyl (C=O) groups is 1. The number of methoxy groups -OCH3 is 1. The van der Waals surface area contributed by atoms with Crippen molar-refractivity contribution in [2.75, 3.05) is 13.7 Å². The van der Waals surface area contributed by atoms with Crippen LogP contribution >= 0.6 is 24.0 Å². The summed E-state index contributed by atoms with van der Waals surface area (Å²) >= 11 is 6.24. The summed E-state index contributed by atoms with van der Waals surface area (Å²) in [5.74, 6) is 1.18. The van der Waals surface area contributed by atoms with Gasteiger partial charge in [-0.2, -0.15) is 0 Å². The fraction of sp³-hybridized carbons (Fsp3) is 0.588. The molecule has 1 aromatic carbocycles. The fourth-order valence-corrected chi connectivity index (χ4v) is 3.25. The zero-order valence-electron chi connectivity index (χ0n) is 14.1. The first-order valence-corrected chi connectivity index (χ1v) is 8.45. The molecule has 7 heteroatoms. The van der Waals surface area contributed by atoms with E-state index >= 15 is 0 Å². The molecule has 1 aliphatic rings. The van der Waals surface area contributed by atoms with Gasteiger partial charge in [-0.25, -0.2) is 0 Å². The fourth-order valence-electron chi connectivity index (χ4n) is 2.96. The average Bonchev–Trinajstić information content (AvgIpc) is 2.54. The van der Waals surface area contributed by atoms with Crippen molar-refractivity contribution in [3.05, 3.63) is 22.7 Å². The molecule has 0 spiro atoms. The Morgan fingerprint density at radius 3 is 2.79 bits per heavy atom. The molecule has 24 heavy (non-hydrogen) atoms. The third kappa shape index (κ3) is 5.43. The summed E-state index contributed by atoms with van der Waals surface area (Å²) in [7, 11) is 1.57. The molecule has 0 radical (unpaired) electrons. The van der Waals surface area contributed by atoms with E-state index in [1.807, 2.05) is 13.0 Å². The molecule has 1 aromatic rings. The lowest BCUT2D eigenvalue weighted by atomic mass is 9.85. The van der Waals surface area contributed by atoms with E-state index in [-0.39, 0.29) is 30.3 Å². The molecule has 3 N–H and O–H groups in total. The van der Waals surface area contributed by atoms with Gasteiger partial charge in [0.25, 0.3) is 0 Å². The van der Waals surface area contributed by atoms with E-state index in [2.05, 4.69) is 5.32 Å². The Bertz CT molecular complexity index is 555. The normalized spacial score (nSPS) is 20.0. The molecule has 0 saturated heterocycles. The van der Waals surface area contributed by atoms with Crippen molar-refractivity contribution in [2.24, 2.45) is 11.7 Å². The number of halogens is 2. The number of amides is 1. The molecule has 0 aliphatic heterocycles. The van der Waals surface area contributed by atoms with Gasteiger partial charge in [0.15, 0.2) is 11.5 Å². The standard InChI is InChI=1S/C17H25ClN2O3.ClH/c1-3-23-16-14(18)7-11(8-15(16)22-2)10-20-17(21)12-5-4-6-13(19)9-12;/h7-8,12-13H,3-6,9-10,19H2,1-2H3,(H,20,21);1H. The SMILES string of the molecule is CCOc1c(Cl)cc(CNC(=O)C2CCCC(N)C2)cc1OC.Cl. The minimum absolute atomic E-state index is 0. The van der Waals surface area contributed by atoms with E-state index in [1.165, 1.54) is 0 Å². The summed E-state index contributed by atoms with van der Waals surface area (Å²) in [6, 6.07) is 3.77. The second-order valence-electron chi connectivity index (χ2n) is 5.88. The van der Waals surface area contributed by atoms with Crippen molar-refractivity contribution in [1.82, 2.24) is 5.32 Å². The van der Waals surface area contributed by atoms with Gasteiger partial charge in [-0.1, -0.05) is 18.0 Å². The van der Waals surface area contributed by atoms with Crippen LogP contribution in [0.5, 0.6) is 11.5 Å². The third-order valence-corrected chi connectivity index (χ3v) is 4.41. The molecule has 1 amide bonds. The summed E-state index contributed by atoms with van der Waals surface area (Å²) in [5, 5.41) is 3.45. The molecular weight excluding hydrogens is 351 g/mol. The van der Waals surface area contributed by atoms with Gasteiger partial charge in [0.1, 0.15) is 0 Å². The van der Waals surface area contributed by atoms with Gasteiger partial charge in [0.2, 0.25) is 5.91 Å². The number of carbonyl (C=O) groups excluding carboxylic acids is 1. The Morgan fingerprint density at radius 2 is 2.17 bits per heavy atom. The Balaban J connectivity index is 0.00000288. The summed E-state index contributed by atoms with van der Waals surface area (Å²) in [6.45, 7) is 2.81. The molecule has 2 unspecified atom stereocenters. The summed E-state index contributed by atoms with van der Waals surface area (Å²) in [6.07, 6.45) is 3.70. The first-order valence-electron chi connectivity index (χ1n) is 8.07. The van der Waals surface area contributed by atoms with Crippen LogP contribution in [0, 0.1) is 5.92 Å².